The Morgan fingerprint density at radius 1 is 1.13 bits per heavy atom. The van der Waals surface area contributed by atoms with Crippen molar-refractivity contribution in [1.82, 2.24) is 25.4 Å². The predicted molar refractivity (Wildman–Crippen MR) is 139 cm³/mol. The predicted octanol–water partition coefficient (Wildman–Crippen LogP) is 3.71. The van der Waals surface area contributed by atoms with Crippen LogP contribution in [0.25, 0.3) is 22.2 Å². The Labute approximate surface area is 219 Å². The molecule has 0 bridgehead atoms. The summed E-state index contributed by atoms with van der Waals surface area (Å²) < 4.78 is 25.0. The molecule has 3 heterocycles. The average molecular weight is 518 g/mol. The minimum atomic E-state index is -0.553. The number of benzene rings is 2. The molecule has 2 aromatic carbocycles. The van der Waals surface area contributed by atoms with Gasteiger partial charge in [-0.1, -0.05) is 6.07 Å². The van der Waals surface area contributed by atoms with Crippen LogP contribution in [0.2, 0.25) is 0 Å². The lowest BCUT2D eigenvalue weighted by Gasteiger charge is -2.38. The minimum absolute atomic E-state index is 0.137. The maximum absolute atomic E-state index is 14.7. The van der Waals surface area contributed by atoms with E-state index in [1.165, 1.54) is 20.3 Å². The number of halogens is 1. The molecule has 4 aromatic rings. The summed E-state index contributed by atoms with van der Waals surface area (Å²) in [6.45, 7) is 0.484. The monoisotopic (exact) mass is 517 g/mol. The van der Waals surface area contributed by atoms with Crippen LogP contribution in [0, 0.1) is 5.82 Å². The van der Waals surface area contributed by atoms with Gasteiger partial charge in [0, 0.05) is 53.6 Å². The van der Waals surface area contributed by atoms with E-state index in [0.29, 0.717) is 36.3 Å². The number of esters is 1. The molecule has 1 fully saturated rings. The number of amides is 1. The Morgan fingerprint density at radius 3 is 2.71 bits per heavy atom. The van der Waals surface area contributed by atoms with Crippen molar-refractivity contribution in [3.05, 3.63) is 77.9 Å². The second kappa shape index (κ2) is 11.0. The third-order valence-electron chi connectivity index (χ3n) is 6.93. The first-order valence-electron chi connectivity index (χ1n) is 12.3. The fourth-order valence-electron chi connectivity index (χ4n) is 4.98. The van der Waals surface area contributed by atoms with Gasteiger partial charge in [-0.25, -0.2) is 4.39 Å². The Morgan fingerprint density at radius 2 is 1.95 bits per heavy atom. The fourth-order valence-corrected chi connectivity index (χ4v) is 4.98. The Kier molecular flexibility index (Phi) is 7.32. The number of methoxy groups -OCH3 is 2. The lowest BCUT2D eigenvalue weighted by Crippen LogP contribution is -2.54. The molecule has 0 radical (unpaired) electrons. The van der Waals surface area contributed by atoms with Crippen LogP contribution in [0.3, 0.4) is 0 Å². The van der Waals surface area contributed by atoms with Gasteiger partial charge in [-0.15, -0.1) is 0 Å². The van der Waals surface area contributed by atoms with Crippen LogP contribution in [-0.4, -0.2) is 64.8 Å². The molecule has 1 amide bonds. The van der Waals surface area contributed by atoms with Crippen molar-refractivity contribution < 1.29 is 23.5 Å². The molecular weight excluding hydrogens is 489 g/mol. The summed E-state index contributed by atoms with van der Waals surface area (Å²) in [5, 5.41) is 11.3. The van der Waals surface area contributed by atoms with Crippen molar-refractivity contribution in [2.45, 2.75) is 31.5 Å². The van der Waals surface area contributed by atoms with Crippen LogP contribution < -0.4 is 10.1 Å². The number of fused-ring (bicyclic) bond motifs is 1. The molecular formula is C28H28FN5O4. The highest BCUT2D eigenvalue weighted by molar-refractivity contribution is 6.01. The Balaban J connectivity index is 1.35. The van der Waals surface area contributed by atoms with Gasteiger partial charge in [-0.2, -0.15) is 5.10 Å². The van der Waals surface area contributed by atoms with Crippen molar-refractivity contribution in [3.8, 4) is 17.0 Å². The number of aromatic amines is 1. The summed E-state index contributed by atoms with van der Waals surface area (Å²) in [5.41, 5.74) is 3.29. The number of aromatic nitrogens is 3. The summed E-state index contributed by atoms with van der Waals surface area (Å²) >= 11 is 0. The molecule has 196 valence electrons. The molecule has 10 heteroatoms. The number of rotatable bonds is 7. The molecule has 0 spiro atoms. The van der Waals surface area contributed by atoms with E-state index in [1.807, 2.05) is 29.2 Å². The van der Waals surface area contributed by atoms with Crippen molar-refractivity contribution in [1.29, 1.82) is 0 Å². The zero-order chi connectivity index (χ0) is 26.6. The van der Waals surface area contributed by atoms with Gasteiger partial charge >= 0.3 is 5.97 Å². The van der Waals surface area contributed by atoms with Crippen LogP contribution in [0.4, 0.5) is 4.39 Å². The molecule has 9 nitrogen and oxygen atoms in total. The van der Waals surface area contributed by atoms with Gasteiger partial charge in [0.25, 0.3) is 5.91 Å². The summed E-state index contributed by atoms with van der Waals surface area (Å²) in [5.74, 6) is -0.645. The van der Waals surface area contributed by atoms with E-state index in [1.54, 1.807) is 30.6 Å². The highest BCUT2D eigenvalue weighted by atomic mass is 19.1. The number of nitrogens with zero attached hydrogens (tertiary/aromatic N) is 3. The van der Waals surface area contributed by atoms with Crippen molar-refractivity contribution >= 4 is 22.8 Å². The van der Waals surface area contributed by atoms with E-state index in [-0.39, 0.29) is 24.5 Å². The van der Waals surface area contributed by atoms with Crippen LogP contribution in [0.15, 0.2) is 60.9 Å². The Bertz CT molecular complexity index is 1460. The highest BCUT2D eigenvalue weighted by Crippen LogP contribution is 2.29. The molecule has 2 atom stereocenters. The number of hydrogen-bond donors (Lipinski definition) is 2. The molecule has 1 saturated heterocycles. The number of carbonyl (C=O) groups is 2. The zero-order valence-corrected chi connectivity index (χ0v) is 21.1. The number of hydrogen-bond acceptors (Lipinski definition) is 7. The van der Waals surface area contributed by atoms with Crippen LogP contribution in [-0.2, 0) is 16.1 Å². The highest BCUT2D eigenvalue weighted by Gasteiger charge is 2.35. The fraction of sp³-hybridized carbons (Fsp3) is 0.286. The largest absolute Gasteiger partial charge is 0.496 e. The van der Waals surface area contributed by atoms with Crippen molar-refractivity contribution in [2.24, 2.45) is 0 Å². The van der Waals surface area contributed by atoms with Crippen LogP contribution in [0.1, 0.15) is 28.8 Å². The topological polar surface area (TPSA) is 109 Å². The molecule has 38 heavy (non-hydrogen) atoms. The van der Waals surface area contributed by atoms with Gasteiger partial charge < -0.3 is 14.8 Å². The normalized spacial score (nSPS) is 17.8. The number of pyridine rings is 1. The van der Waals surface area contributed by atoms with Crippen molar-refractivity contribution in [3.63, 3.8) is 0 Å². The Hall–Kier alpha value is -4.31. The van der Waals surface area contributed by atoms with Gasteiger partial charge in [-0.3, -0.25) is 24.6 Å². The van der Waals surface area contributed by atoms with Gasteiger partial charge in [0.05, 0.1) is 19.7 Å². The summed E-state index contributed by atoms with van der Waals surface area (Å²) in [6.07, 6.45) is 4.42. The van der Waals surface area contributed by atoms with E-state index >= 15 is 0 Å². The summed E-state index contributed by atoms with van der Waals surface area (Å²) in [7, 11) is 2.82. The molecule has 0 unspecified atom stereocenters. The number of carbonyl (C=O) groups excluding carboxylic acids is 2. The van der Waals surface area contributed by atoms with Gasteiger partial charge in [-0.05, 0) is 55.3 Å². The maximum atomic E-state index is 14.7. The summed E-state index contributed by atoms with van der Waals surface area (Å²) in [4.78, 5) is 31.7. The van der Waals surface area contributed by atoms with E-state index in [2.05, 4.69) is 20.5 Å². The van der Waals surface area contributed by atoms with Crippen LogP contribution >= 0.6 is 0 Å². The first kappa shape index (κ1) is 25.3. The lowest BCUT2D eigenvalue weighted by molar-refractivity contribution is -0.148. The third kappa shape index (κ3) is 5.08. The number of nitrogens with one attached hydrogen (secondary N) is 2. The second-order valence-corrected chi connectivity index (χ2v) is 9.21. The molecule has 1 aliphatic rings. The first-order valence-corrected chi connectivity index (χ1v) is 12.3. The SMILES string of the molecule is COC(=O)[C@@H]1CC[C@@H](NC(=O)c2ccc3[nH]nc(-c4ccncc4)c3c2)CN1Cc1c(F)cccc1OC. The zero-order valence-electron chi connectivity index (χ0n) is 21.1. The number of piperidine rings is 1. The maximum Gasteiger partial charge on any atom is 0.323 e. The average Bonchev–Trinajstić information content (AvgIpc) is 3.37. The third-order valence-corrected chi connectivity index (χ3v) is 6.93. The molecule has 0 saturated carbocycles. The number of H-pyrrole nitrogens is 1. The number of ether oxygens (including phenoxy) is 2. The summed E-state index contributed by atoms with van der Waals surface area (Å²) in [6, 6.07) is 12.9. The van der Waals surface area contributed by atoms with Crippen LogP contribution in [0.5, 0.6) is 5.75 Å². The number of likely N-dealkylation sites (tertiary alicyclic amines) is 1. The van der Waals surface area contributed by atoms with E-state index in [0.717, 1.165) is 22.2 Å². The molecule has 2 N–H and O–H groups in total. The van der Waals surface area contributed by atoms with Gasteiger partial charge in [0.1, 0.15) is 23.3 Å². The standard InChI is InChI=1S/C28H28FN5O4/c1-37-25-5-3-4-22(29)21(25)16-34-15-19(7-9-24(34)28(36)38-2)31-27(35)18-6-8-23-20(14-18)26(33-32-23)17-10-12-30-13-11-17/h3-6,8,10-14,19,24H,7,9,15-16H2,1-2H3,(H,31,35)(H,32,33)/t19-,24+/m1/s1. The van der Waals surface area contributed by atoms with E-state index in [4.69, 9.17) is 9.47 Å². The van der Waals surface area contributed by atoms with Crippen molar-refractivity contribution in [2.75, 3.05) is 20.8 Å². The van der Waals surface area contributed by atoms with E-state index < -0.39 is 11.9 Å². The first-order chi connectivity index (χ1) is 18.5. The quantitative estimate of drug-likeness (QED) is 0.360. The minimum Gasteiger partial charge on any atom is -0.496 e. The smallest absolute Gasteiger partial charge is 0.323 e. The van der Waals surface area contributed by atoms with E-state index in [9.17, 15) is 14.0 Å². The van der Waals surface area contributed by atoms with Gasteiger partial charge in [0.2, 0.25) is 0 Å². The molecule has 0 aliphatic carbocycles. The second-order valence-electron chi connectivity index (χ2n) is 9.21. The van der Waals surface area contributed by atoms with Gasteiger partial charge in [0.15, 0.2) is 0 Å². The lowest BCUT2D eigenvalue weighted by atomic mass is 9.96. The molecule has 5 rings (SSSR count). The molecule has 2 aromatic heterocycles. The molecule has 1 aliphatic heterocycles.